The molecule has 4 nitrogen and oxygen atoms in total. The molecule has 0 heterocycles. The SMILES string of the molecule is C[C@H](OC(=O)C1CCCC1)C(=O)Nc1ccccc1-c1ccccc1. The number of para-hydroxylation sites is 1. The van der Waals surface area contributed by atoms with Crippen molar-refractivity contribution < 1.29 is 14.3 Å². The summed E-state index contributed by atoms with van der Waals surface area (Å²) in [5.74, 6) is -0.613. The summed E-state index contributed by atoms with van der Waals surface area (Å²) in [5.41, 5.74) is 2.67. The molecule has 0 saturated heterocycles. The van der Waals surface area contributed by atoms with Crippen LogP contribution in [0.2, 0.25) is 0 Å². The molecule has 4 heteroatoms. The maximum Gasteiger partial charge on any atom is 0.309 e. The first kappa shape index (κ1) is 17.2. The van der Waals surface area contributed by atoms with E-state index in [9.17, 15) is 9.59 Å². The Labute approximate surface area is 148 Å². The molecule has 1 N–H and O–H groups in total. The highest BCUT2D eigenvalue weighted by Crippen LogP contribution is 2.28. The molecule has 0 radical (unpaired) electrons. The molecule has 0 aliphatic heterocycles. The van der Waals surface area contributed by atoms with E-state index in [4.69, 9.17) is 4.74 Å². The number of carbonyl (C=O) groups excluding carboxylic acids is 2. The van der Waals surface area contributed by atoms with E-state index in [2.05, 4.69) is 5.32 Å². The predicted molar refractivity (Wildman–Crippen MR) is 98.0 cm³/mol. The molecule has 1 aliphatic rings. The maximum absolute atomic E-state index is 12.5. The van der Waals surface area contributed by atoms with Gasteiger partial charge >= 0.3 is 5.97 Å². The Kier molecular flexibility index (Phi) is 5.49. The third-order valence-corrected chi connectivity index (χ3v) is 4.62. The number of rotatable bonds is 5. The van der Waals surface area contributed by atoms with Crippen LogP contribution in [-0.2, 0) is 14.3 Å². The second kappa shape index (κ2) is 7.97. The summed E-state index contributed by atoms with van der Waals surface area (Å²) in [6.45, 7) is 1.62. The van der Waals surface area contributed by atoms with E-state index in [0.29, 0.717) is 5.69 Å². The number of benzene rings is 2. The zero-order valence-corrected chi connectivity index (χ0v) is 14.4. The molecule has 0 bridgehead atoms. The lowest BCUT2D eigenvalue weighted by Crippen LogP contribution is -2.32. The molecule has 1 saturated carbocycles. The number of hydrogen-bond donors (Lipinski definition) is 1. The van der Waals surface area contributed by atoms with Crippen molar-refractivity contribution in [1.29, 1.82) is 0 Å². The normalized spacial score (nSPS) is 15.6. The van der Waals surface area contributed by atoms with Gasteiger partial charge in [-0.15, -0.1) is 0 Å². The van der Waals surface area contributed by atoms with E-state index in [-0.39, 0.29) is 17.8 Å². The summed E-state index contributed by atoms with van der Waals surface area (Å²) in [6.07, 6.45) is 3.04. The van der Waals surface area contributed by atoms with Crippen molar-refractivity contribution in [3.8, 4) is 11.1 Å². The van der Waals surface area contributed by atoms with Crippen LogP contribution < -0.4 is 5.32 Å². The van der Waals surface area contributed by atoms with Crippen LogP contribution in [0, 0.1) is 5.92 Å². The van der Waals surface area contributed by atoms with Gasteiger partial charge in [-0.1, -0.05) is 61.4 Å². The van der Waals surface area contributed by atoms with Gasteiger partial charge in [0.2, 0.25) is 0 Å². The Morgan fingerprint density at radius 2 is 1.64 bits per heavy atom. The fourth-order valence-corrected chi connectivity index (χ4v) is 3.18. The van der Waals surface area contributed by atoms with Gasteiger partial charge in [0.15, 0.2) is 6.10 Å². The minimum atomic E-state index is -0.808. The Bertz CT molecular complexity index is 736. The van der Waals surface area contributed by atoms with Gasteiger partial charge < -0.3 is 10.1 Å². The molecular formula is C21H23NO3. The number of amides is 1. The summed E-state index contributed by atoms with van der Waals surface area (Å²) < 4.78 is 5.36. The second-order valence-electron chi connectivity index (χ2n) is 6.46. The lowest BCUT2D eigenvalue weighted by atomic mass is 10.0. The van der Waals surface area contributed by atoms with Crippen LogP contribution in [0.25, 0.3) is 11.1 Å². The van der Waals surface area contributed by atoms with Crippen molar-refractivity contribution in [3.63, 3.8) is 0 Å². The number of anilines is 1. The highest BCUT2D eigenvalue weighted by Gasteiger charge is 2.27. The zero-order valence-electron chi connectivity index (χ0n) is 14.4. The van der Waals surface area contributed by atoms with Crippen molar-refractivity contribution in [2.75, 3.05) is 5.32 Å². The standard InChI is InChI=1S/C21H23NO3/c1-15(25-21(24)17-11-5-6-12-17)20(23)22-19-14-8-7-13-18(19)16-9-3-2-4-10-16/h2-4,7-10,13-15,17H,5-6,11-12H2,1H3,(H,22,23)/t15-/m0/s1. The maximum atomic E-state index is 12.5. The Morgan fingerprint density at radius 1 is 1.00 bits per heavy atom. The van der Waals surface area contributed by atoms with Crippen molar-refractivity contribution in [2.45, 2.75) is 38.7 Å². The van der Waals surface area contributed by atoms with Gasteiger partial charge in [-0.3, -0.25) is 9.59 Å². The quantitative estimate of drug-likeness (QED) is 0.822. The van der Waals surface area contributed by atoms with Crippen LogP contribution in [0.5, 0.6) is 0 Å². The number of ether oxygens (including phenoxy) is 1. The molecule has 25 heavy (non-hydrogen) atoms. The van der Waals surface area contributed by atoms with Gasteiger partial charge in [0.1, 0.15) is 0 Å². The van der Waals surface area contributed by atoms with E-state index in [0.717, 1.165) is 36.8 Å². The van der Waals surface area contributed by atoms with Crippen LogP contribution in [0.1, 0.15) is 32.6 Å². The third-order valence-electron chi connectivity index (χ3n) is 4.62. The lowest BCUT2D eigenvalue weighted by Gasteiger charge is -2.17. The summed E-state index contributed by atoms with van der Waals surface area (Å²) in [5, 5.41) is 2.89. The fourth-order valence-electron chi connectivity index (χ4n) is 3.18. The summed E-state index contributed by atoms with van der Waals surface area (Å²) in [6, 6.07) is 17.5. The molecule has 1 fully saturated rings. The first-order chi connectivity index (χ1) is 12.1. The van der Waals surface area contributed by atoms with Gasteiger partial charge in [-0.2, -0.15) is 0 Å². The first-order valence-corrected chi connectivity index (χ1v) is 8.81. The molecule has 3 rings (SSSR count). The average molecular weight is 337 g/mol. The summed E-state index contributed by atoms with van der Waals surface area (Å²) in [7, 11) is 0. The molecule has 0 aromatic heterocycles. The zero-order chi connectivity index (χ0) is 17.6. The number of carbonyl (C=O) groups is 2. The van der Waals surface area contributed by atoms with E-state index in [1.807, 2.05) is 54.6 Å². The van der Waals surface area contributed by atoms with Crippen molar-refractivity contribution >= 4 is 17.6 Å². The van der Waals surface area contributed by atoms with Gasteiger partial charge in [-0.25, -0.2) is 0 Å². The Morgan fingerprint density at radius 3 is 2.36 bits per heavy atom. The van der Waals surface area contributed by atoms with Crippen LogP contribution in [0.4, 0.5) is 5.69 Å². The molecule has 0 spiro atoms. The monoisotopic (exact) mass is 337 g/mol. The van der Waals surface area contributed by atoms with Gasteiger partial charge in [-0.05, 0) is 31.4 Å². The van der Waals surface area contributed by atoms with Crippen LogP contribution >= 0.6 is 0 Å². The lowest BCUT2D eigenvalue weighted by molar-refractivity contribution is -0.157. The number of nitrogens with one attached hydrogen (secondary N) is 1. The largest absolute Gasteiger partial charge is 0.452 e. The van der Waals surface area contributed by atoms with Crippen molar-refractivity contribution in [2.24, 2.45) is 5.92 Å². The van der Waals surface area contributed by atoms with Crippen molar-refractivity contribution in [3.05, 3.63) is 54.6 Å². The average Bonchev–Trinajstić information content (AvgIpc) is 3.17. The minimum Gasteiger partial charge on any atom is -0.452 e. The van der Waals surface area contributed by atoms with Crippen LogP contribution in [0.3, 0.4) is 0 Å². The topological polar surface area (TPSA) is 55.4 Å². The molecule has 1 amide bonds. The first-order valence-electron chi connectivity index (χ1n) is 8.81. The van der Waals surface area contributed by atoms with E-state index < -0.39 is 6.10 Å². The van der Waals surface area contributed by atoms with Crippen LogP contribution in [-0.4, -0.2) is 18.0 Å². The summed E-state index contributed by atoms with van der Waals surface area (Å²) in [4.78, 5) is 24.6. The van der Waals surface area contributed by atoms with E-state index in [1.165, 1.54) is 0 Å². The highest BCUT2D eigenvalue weighted by atomic mass is 16.5. The third kappa shape index (κ3) is 4.27. The predicted octanol–water partition coefficient (Wildman–Crippen LogP) is 4.41. The van der Waals surface area contributed by atoms with Gasteiger partial charge in [0, 0.05) is 11.3 Å². The minimum absolute atomic E-state index is 0.0492. The molecule has 2 aromatic rings. The van der Waals surface area contributed by atoms with E-state index >= 15 is 0 Å². The Balaban J connectivity index is 1.67. The highest BCUT2D eigenvalue weighted by molar-refractivity contribution is 5.98. The molecular weight excluding hydrogens is 314 g/mol. The Hall–Kier alpha value is -2.62. The molecule has 1 atom stereocenters. The second-order valence-corrected chi connectivity index (χ2v) is 6.46. The van der Waals surface area contributed by atoms with E-state index in [1.54, 1.807) is 6.92 Å². The van der Waals surface area contributed by atoms with Crippen molar-refractivity contribution in [1.82, 2.24) is 0 Å². The summed E-state index contributed by atoms with van der Waals surface area (Å²) >= 11 is 0. The number of esters is 1. The van der Waals surface area contributed by atoms with Gasteiger partial charge in [0.05, 0.1) is 5.92 Å². The molecule has 1 aliphatic carbocycles. The van der Waals surface area contributed by atoms with Crippen LogP contribution in [0.15, 0.2) is 54.6 Å². The van der Waals surface area contributed by atoms with Gasteiger partial charge in [0.25, 0.3) is 5.91 Å². The fraction of sp³-hybridized carbons (Fsp3) is 0.333. The smallest absolute Gasteiger partial charge is 0.309 e. The molecule has 0 unspecified atom stereocenters. The number of hydrogen-bond acceptors (Lipinski definition) is 3. The molecule has 130 valence electrons. The molecule has 2 aromatic carbocycles.